The summed E-state index contributed by atoms with van der Waals surface area (Å²) in [5.74, 6) is 0.869. The van der Waals surface area contributed by atoms with Crippen LogP contribution in [-0.2, 0) is 18.3 Å². The number of nitrogens with zero attached hydrogens (tertiary/aromatic N) is 3. The molecule has 3 heterocycles. The number of aryl methyl sites for hydroxylation is 1. The third kappa shape index (κ3) is 2.77. The number of ether oxygens (including phenoxy) is 1. The number of hydrogen-bond donors (Lipinski definition) is 0. The average Bonchev–Trinajstić information content (AvgIpc) is 3.22. The number of carbonyl (C=O) groups excluding carboxylic acids is 1. The Morgan fingerprint density at radius 2 is 2.29 bits per heavy atom. The molecule has 1 saturated heterocycles. The smallest absolute Gasteiger partial charge is 0.229 e. The van der Waals surface area contributed by atoms with E-state index >= 15 is 0 Å². The highest BCUT2D eigenvalue weighted by atomic mass is 35.5. The maximum Gasteiger partial charge on any atom is 0.229 e. The van der Waals surface area contributed by atoms with Crippen LogP contribution in [0.2, 0.25) is 5.02 Å². The topological polar surface area (TPSA) is 47.4 Å². The first-order chi connectivity index (χ1) is 11.6. The van der Waals surface area contributed by atoms with Gasteiger partial charge in [-0.2, -0.15) is 5.10 Å². The fraction of sp³-hybridized carbons (Fsp3) is 0.444. The molecule has 24 heavy (non-hydrogen) atoms. The zero-order valence-electron chi connectivity index (χ0n) is 13.6. The van der Waals surface area contributed by atoms with Gasteiger partial charge in [-0.3, -0.25) is 9.48 Å². The molecule has 1 fully saturated rings. The van der Waals surface area contributed by atoms with Gasteiger partial charge in [-0.1, -0.05) is 11.6 Å². The van der Waals surface area contributed by atoms with Gasteiger partial charge in [0, 0.05) is 30.4 Å². The van der Waals surface area contributed by atoms with Crippen LogP contribution in [0.1, 0.15) is 30.0 Å². The Morgan fingerprint density at radius 3 is 3.08 bits per heavy atom. The zero-order valence-corrected chi connectivity index (χ0v) is 14.4. The molecule has 5 nitrogen and oxygen atoms in total. The molecule has 2 aliphatic heterocycles. The molecule has 2 aliphatic rings. The van der Waals surface area contributed by atoms with Crippen molar-refractivity contribution < 1.29 is 9.53 Å². The van der Waals surface area contributed by atoms with Crippen molar-refractivity contribution in [3.63, 3.8) is 0 Å². The molecule has 0 unspecified atom stereocenters. The Kier molecular flexibility index (Phi) is 3.96. The van der Waals surface area contributed by atoms with Crippen LogP contribution >= 0.6 is 11.6 Å². The molecule has 0 radical (unpaired) electrons. The van der Waals surface area contributed by atoms with Crippen molar-refractivity contribution in [2.45, 2.75) is 25.3 Å². The highest BCUT2D eigenvalue weighted by Crippen LogP contribution is 2.35. The Bertz CT molecular complexity index is 773. The molecule has 2 aromatic rings. The van der Waals surface area contributed by atoms with E-state index in [0.717, 1.165) is 36.3 Å². The first-order valence-electron chi connectivity index (χ1n) is 8.32. The minimum absolute atomic E-state index is 0.131. The van der Waals surface area contributed by atoms with E-state index in [1.165, 1.54) is 0 Å². The molecule has 0 bridgehead atoms. The molecule has 1 aromatic heterocycles. The third-order valence-corrected chi connectivity index (χ3v) is 5.16. The van der Waals surface area contributed by atoms with Gasteiger partial charge >= 0.3 is 0 Å². The van der Waals surface area contributed by atoms with Gasteiger partial charge in [-0.15, -0.1) is 0 Å². The first kappa shape index (κ1) is 15.5. The predicted octanol–water partition coefficient (Wildman–Crippen LogP) is 2.99. The second kappa shape index (κ2) is 6.13. The summed E-state index contributed by atoms with van der Waals surface area (Å²) in [6.45, 7) is 1.24. The lowest BCUT2D eigenvalue weighted by atomic mass is 9.95. The molecular formula is C18H20ClN3O2. The third-order valence-electron chi connectivity index (χ3n) is 4.92. The van der Waals surface area contributed by atoms with Crippen LogP contribution in [0.15, 0.2) is 30.6 Å². The molecular weight excluding hydrogens is 326 g/mol. The normalized spacial score (nSPS) is 23.0. The number of hydrogen-bond acceptors (Lipinski definition) is 3. The highest BCUT2D eigenvalue weighted by molar-refractivity contribution is 6.30. The summed E-state index contributed by atoms with van der Waals surface area (Å²) in [5.41, 5.74) is 2.13. The van der Waals surface area contributed by atoms with Crippen LogP contribution in [0.3, 0.4) is 0 Å². The fourth-order valence-corrected chi connectivity index (χ4v) is 3.94. The molecule has 126 valence electrons. The zero-order chi connectivity index (χ0) is 16.7. The summed E-state index contributed by atoms with van der Waals surface area (Å²) in [6, 6.07) is 5.74. The Labute approximate surface area is 146 Å². The van der Waals surface area contributed by atoms with Crippen molar-refractivity contribution >= 4 is 17.5 Å². The lowest BCUT2D eigenvalue weighted by molar-refractivity contribution is -0.137. The number of amides is 1. The predicted molar refractivity (Wildman–Crippen MR) is 91.0 cm³/mol. The first-order valence-corrected chi connectivity index (χ1v) is 8.70. The minimum atomic E-state index is -0.145. The number of benzene rings is 1. The van der Waals surface area contributed by atoms with Gasteiger partial charge in [0.2, 0.25) is 5.91 Å². The number of aromatic nitrogens is 2. The van der Waals surface area contributed by atoms with E-state index < -0.39 is 0 Å². The molecule has 6 heteroatoms. The Hall–Kier alpha value is -2.01. The Balaban J connectivity index is 1.53. The SMILES string of the molecule is Cn1cc([C@@H]2CCCN2C(=O)[C@@H]2COc3ccc(Cl)cc3C2)cn1. The second-order valence-corrected chi connectivity index (χ2v) is 7.04. The molecule has 0 saturated carbocycles. The molecule has 0 N–H and O–H groups in total. The van der Waals surface area contributed by atoms with E-state index in [4.69, 9.17) is 16.3 Å². The highest BCUT2D eigenvalue weighted by Gasteiger charge is 2.36. The molecule has 2 atom stereocenters. The van der Waals surface area contributed by atoms with Crippen molar-refractivity contribution in [2.24, 2.45) is 13.0 Å². The van der Waals surface area contributed by atoms with Gasteiger partial charge in [0.25, 0.3) is 0 Å². The summed E-state index contributed by atoms with van der Waals surface area (Å²) in [7, 11) is 1.90. The van der Waals surface area contributed by atoms with Gasteiger partial charge in [-0.25, -0.2) is 0 Å². The average molecular weight is 346 g/mol. The van der Waals surface area contributed by atoms with Crippen LogP contribution in [0.4, 0.5) is 0 Å². The summed E-state index contributed by atoms with van der Waals surface area (Å²) in [6.07, 6.45) is 6.57. The van der Waals surface area contributed by atoms with E-state index in [-0.39, 0.29) is 17.9 Å². The standard InChI is InChI=1S/C18H20ClN3O2/c1-21-10-14(9-20-21)16-3-2-6-22(16)18(23)13-7-12-8-15(19)4-5-17(12)24-11-13/h4-5,8-10,13,16H,2-3,6-7,11H2,1H3/t13-,16-/m0/s1. The van der Waals surface area contributed by atoms with Crippen molar-refractivity contribution in [2.75, 3.05) is 13.2 Å². The maximum absolute atomic E-state index is 13.1. The number of rotatable bonds is 2. The minimum Gasteiger partial charge on any atom is -0.492 e. The molecule has 1 amide bonds. The van der Waals surface area contributed by atoms with Gasteiger partial charge in [-0.05, 0) is 43.0 Å². The van der Waals surface area contributed by atoms with Crippen molar-refractivity contribution in [1.29, 1.82) is 0 Å². The lowest BCUT2D eigenvalue weighted by Crippen LogP contribution is -2.40. The number of fused-ring (bicyclic) bond motifs is 1. The van der Waals surface area contributed by atoms with E-state index in [9.17, 15) is 4.79 Å². The number of likely N-dealkylation sites (tertiary alicyclic amines) is 1. The Morgan fingerprint density at radius 1 is 1.42 bits per heavy atom. The summed E-state index contributed by atoms with van der Waals surface area (Å²) in [4.78, 5) is 15.1. The van der Waals surface area contributed by atoms with Crippen LogP contribution < -0.4 is 4.74 Å². The summed E-state index contributed by atoms with van der Waals surface area (Å²) >= 11 is 6.08. The van der Waals surface area contributed by atoms with Crippen molar-refractivity contribution in [1.82, 2.24) is 14.7 Å². The van der Waals surface area contributed by atoms with Crippen LogP contribution in [0.25, 0.3) is 0 Å². The molecule has 0 spiro atoms. The van der Waals surface area contributed by atoms with E-state index in [2.05, 4.69) is 5.10 Å². The van der Waals surface area contributed by atoms with E-state index in [1.807, 2.05) is 42.5 Å². The van der Waals surface area contributed by atoms with E-state index in [0.29, 0.717) is 18.1 Å². The second-order valence-electron chi connectivity index (χ2n) is 6.60. The summed E-state index contributed by atoms with van der Waals surface area (Å²) in [5, 5.41) is 4.93. The molecule has 4 rings (SSSR count). The number of carbonyl (C=O) groups is 1. The van der Waals surface area contributed by atoms with E-state index in [1.54, 1.807) is 4.68 Å². The quantitative estimate of drug-likeness (QED) is 0.840. The van der Waals surface area contributed by atoms with Crippen LogP contribution in [-0.4, -0.2) is 33.7 Å². The van der Waals surface area contributed by atoms with Crippen molar-refractivity contribution in [3.8, 4) is 5.75 Å². The molecule has 0 aliphatic carbocycles. The van der Waals surface area contributed by atoms with Gasteiger partial charge in [0.15, 0.2) is 0 Å². The fourth-order valence-electron chi connectivity index (χ4n) is 3.75. The van der Waals surface area contributed by atoms with Gasteiger partial charge in [0.1, 0.15) is 12.4 Å². The van der Waals surface area contributed by atoms with Gasteiger partial charge in [0.05, 0.1) is 18.2 Å². The summed E-state index contributed by atoms with van der Waals surface area (Å²) < 4.78 is 7.58. The van der Waals surface area contributed by atoms with Crippen LogP contribution in [0.5, 0.6) is 5.75 Å². The van der Waals surface area contributed by atoms with Crippen LogP contribution in [0, 0.1) is 5.92 Å². The van der Waals surface area contributed by atoms with Crippen molar-refractivity contribution in [3.05, 3.63) is 46.7 Å². The lowest BCUT2D eigenvalue weighted by Gasteiger charge is -2.31. The maximum atomic E-state index is 13.1. The molecule has 1 aromatic carbocycles. The largest absolute Gasteiger partial charge is 0.492 e. The number of halogens is 1. The monoisotopic (exact) mass is 345 g/mol. The van der Waals surface area contributed by atoms with Gasteiger partial charge < -0.3 is 9.64 Å².